The molecule has 0 fully saturated rings. The van der Waals surface area contributed by atoms with Crippen molar-refractivity contribution in [2.45, 2.75) is 18.5 Å². The second kappa shape index (κ2) is 9.23. The van der Waals surface area contributed by atoms with E-state index in [1.807, 2.05) is 55.5 Å². The maximum Gasteiger partial charge on any atom is 0.230 e. The molecule has 1 heterocycles. The number of amides is 1. The molecule has 3 aromatic rings. The molecule has 0 bridgehead atoms. The Morgan fingerprint density at radius 3 is 2.74 bits per heavy atom. The van der Waals surface area contributed by atoms with Crippen molar-refractivity contribution in [2.75, 3.05) is 19.4 Å². The fourth-order valence-electron chi connectivity index (χ4n) is 2.58. The molecule has 27 heavy (non-hydrogen) atoms. The maximum atomic E-state index is 12.0. The molecule has 0 aliphatic heterocycles. The van der Waals surface area contributed by atoms with Crippen molar-refractivity contribution in [1.29, 1.82) is 0 Å². The van der Waals surface area contributed by atoms with Gasteiger partial charge in [-0.25, -0.2) is 4.98 Å². The van der Waals surface area contributed by atoms with E-state index >= 15 is 0 Å². The van der Waals surface area contributed by atoms with Gasteiger partial charge in [0.25, 0.3) is 0 Å². The Bertz CT molecular complexity index is 893. The number of hydrogen-bond acceptors (Lipinski definition) is 5. The number of H-pyrrole nitrogens is 1. The third kappa shape index (κ3) is 5.34. The Balaban J connectivity index is 1.45. The van der Waals surface area contributed by atoms with Crippen LogP contribution >= 0.6 is 11.8 Å². The molecule has 0 saturated heterocycles. The molecule has 7 heteroatoms. The van der Waals surface area contributed by atoms with Crippen molar-refractivity contribution < 1.29 is 9.53 Å². The fraction of sp³-hybridized carbons (Fsp3) is 0.250. The zero-order chi connectivity index (χ0) is 19.1. The van der Waals surface area contributed by atoms with E-state index in [1.165, 1.54) is 17.3 Å². The Morgan fingerprint density at radius 2 is 1.96 bits per heavy atom. The lowest BCUT2D eigenvalue weighted by Crippen LogP contribution is -2.27. The number of aromatic nitrogens is 3. The topological polar surface area (TPSA) is 79.9 Å². The number of aryl methyl sites for hydroxylation is 1. The summed E-state index contributed by atoms with van der Waals surface area (Å²) in [6.07, 6.45) is 0.721. The normalized spacial score (nSPS) is 10.6. The van der Waals surface area contributed by atoms with Crippen molar-refractivity contribution >= 4 is 17.7 Å². The first-order valence-corrected chi connectivity index (χ1v) is 9.65. The maximum absolute atomic E-state index is 12.0. The van der Waals surface area contributed by atoms with Crippen LogP contribution in [0.5, 0.6) is 5.75 Å². The van der Waals surface area contributed by atoms with Crippen LogP contribution in [0.4, 0.5) is 0 Å². The molecule has 0 spiro atoms. The molecule has 0 unspecified atom stereocenters. The summed E-state index contributed by atoms with van der Waals surface area (Å²) in [6.45, 7) is 2.60. The molecule has 0 atom stereocenters. The van der Waals surface area contributed by atoms with Gasteiger partial charge >= 0.3 is 0 Å². The van der Waals surface area contributed by atoms with Crippen LogP contribution in [-0.2, 0) is 11.2 Å². The lowest BCUT2D eigenvalue weighted by Gasteiger charge is -2.08. The zero-order valence-corrected chi connectivity index (χ0v) is 16.2. The average molecular weight is 382 g/mol. The van der Waals surface area contributed by atoms with E-state index in [0.29, 0.717) is 17.5 Å². The lowest BCUT2D eigenvalue weighted by atomic mass is 10.1. The van der Waals surface area contributed by atoms with E-state index in [4.69, 9.17) is 4.74 Å². The Kier molecular flexibility index (Phi) is 6.49. The standard InChI is InChI=1S/C20H22N4O2S/c1-14-7-9-16(10-8-14)19-22-20(24-23-19)27-13-18(25)21-12-11-15-5-3-4-6-17(15)26-2/h3-10H,11-13H2,1-2H3,(H,21,25)(H,22,23,24). The number of carbonyl (C=O) groups excluding carboxylic acids is 1. The molecule has 1 amide bonds. The molecule has 2 N–H and O–H groups in total. The summed E-state index contributed by atoms with van der Waals surface area (Å²) < 4.78 is 5.32. The van der Waals surface area contributed by atoms with Gasteiger partial charge in [-0.1, -0.05) is 59.8 Å². The van der Waals surface area contributed by atoms with Crippen LogP contribution in [0.3, 0.4) is 0 Å². The number of benzene rings is 2. The monoisotopic (exact) mass is 382 g/mol. The molecular weight excluding hydrogens is 360 g/mol. The van der Waals surface area contributed by atoms with Crippen molar-refractivity contribution in [1.82, 2.24) is 20.5 Å². The van der Waals surface area contributed by atoms with E-state index in [9.17, 15) is 4.79 Å². The first-order chi connectivity index (χ1) is 13.2. The number of aromatic amines is 1. The SMILES string of the molecule is COc1ccccc1CCNC(=O)CSc1n[nH]c(-c2ccc(C)cc2)n1. The van der Waals surface area contributed by atoms with Crippen molar-refractivity contribution in [3.63, 3.8) is 0 Å². The van der Waals surface area contributed by atoms with Gasteiger partial charge in [0.1, 0.15) is 5.75 Å². The molecule has 0 radical (unpaired) electrons. The summed E-state index contributed by atoms with van der Waals surface area (Å²) in [5.41, 5.74) is 3.24. The van der Waals surface area contributed by atoms with Crippen molar-refractivity contribution in [3.8, 4) is 17.1 Å². The highest BCUT2D eigenvalue weighted by molar-refractivity contribution is 7.99. The largest absolute Gasteiger partial charge is 0.496 e. The number of para-hydroxylation sites is 1. The first-order valence-electron chi connectivity index (χ1n) is 8.66. The van der Waals surface area contributed by atoms with Crippen molar-refractivity contribution in [2.24, 2.45) is 0 Å². The van der Waals surface area contributed by atoms with E-state index in [0.717, 1.165) is 23.3 Å². The molecule has 0 aliphatic carbocycles. The van der Waals surface area contributed by atoms with Crippen LogP contribution in [0.15, 0.2) is 53.7 Å². The van der Waals surface area contributed by atoms with Crippen LogP contribution < -0.4 is 10.1 Å². The molecule has 3 rings (SSSR count). The number of hydrogen-bond donors (Lipinski definition) is 2. The fourth-order valence-corrected chi connectivity index (χ4v) is 3.21. The van der Waals surface area contributed by atoms with Gasteiger partial charge in [0, 0.05) is 12.1 Å². The van der Waals surface area contributed by atoms with Crippen LogP contribution in [0.1, 0.15) is 11.1 Å². The molecular formula is C20H22N4O2S. The van der Waals surface area contributed by atoms with Crippen LogP contribution in [0.2, 0.25) is 0 Å². The summed E-state index contributed by atoms with van der Waals surface area (Å²) in [5, 5.41) is 10.6. The van der Waals surface area contributed by atoms with Crippen LogP contribution in [-0.4, -0.2) is 40.5 Å². The summed E-state index contributed by atoms with van der Waals surface area (Å²) >= 11 is 1.31. The predicted octanol–water partition coefficient (Wildman–Crippen LogP) is 3.24. The molecule has 1 aromatic heterocycles. The quantitative estimate of drug-likeness (QED) is 0.585. The summed E-state index contributed by atoms with van der Waals surface area (Å²) in [4.78, 5) is 16.5. The molecule has 0 aliphatic rings. The van der Waals surface area contributed by atoms with E-state index in [2.05, 4.69) is 20.5 Å². The lowest BCUT2D eigenvalue weighted by molar-refractivity contribution is -0.118. The highest BCUT2D eigenvalue weighted by Gasteiger charge is 2.09. The Labute approximate surface area is 162 Å². The third-order valence-electron chi connectivity index (χ3n) is 4.03. The highest BCUT2D eigenvalue weighted by Crippen LogP contribution is 2.20. The number of methoxy groups -OCH3 is 1. The van der Waals surface area contributed by atoms with Gasteiger partial charge in [-0.15, -0.1) is 5.10 Å². The second-order valence-electron chi connectivity index (χ2n) is 6.03. The first kappa shape index (κ1) is 19.0. The molecule has 2 aromatic carbocycles. The molecule has 6 nitrogen and oxygen atoms in total. The van der Waals surface area contributed by atoms with Gasteiger partial charge in [-0.3, -0.25) is 9.89 Å². The average Bonchev–Trinajstić information content (AvgIpc) is 3.16. The summed E-state index contributed by atoms with van der Waals surface area (Å²) in [5.74, 6) is 1.77. The summed E-state index contributed by atoms with van der Waals surface area (Å²) in [6, 6.07) is 15.9. The Morgan fingerprint density at radius 1 is 1.19 bits per heavy atom. The van der Waals surface area contributed by atoms with Crippen molar-refractivity contribution in [3.05, 3.63) is 59.7 Å². The van der Waals surface area contributed by atoms with Crippen LogP contribution in [0, 0.1) is 6.92 Å². The van der Waals surface area contributed by atoms with E-state index < -0.39 is 0 Å². The van der Waals surface area contributed by atoms with Gasteiger partial charge in [0.15, 0.2) is 5.82 Å². The van der Waals surface area contributed by atoms with E-state index in [1.54, 1.807) is 7.11 Å². The Hall–Kier alpha value is -2.80. The minimum Gasteiger partial charge on any atom is -0.496 e. The third-order valence-corrected chi connectivity index (χ3v) is 4.88. The smallest absolute Gasteiger partial charge is 0.230 e. The second-order valence-corrected chi connectivity index (χ2v) is 6.98. The minimum atomic E-state index is -0.0448. The minimum absolute atomic E-state index is 0.0448. The zero-order valence-electron chi connectivity index (χ0n) is 15.4. The number of nitrogens with zero attached hydrogens (tertiary/aromatic N) is 2. The van der Waals surface area contributed by atoms with Gasteiger partial charge in [-0.05, 0) is 25.0 Å². The molecule has 0 saturated carbocycles. The number of carbonyl (C=O) groups is 1. The van der Waals surface area contributed by atoms with Gasteiger partial charge in [0.05, 0.1) is 12.9 Å². The van der Waals surface area contributed by atoms with E-state index in [-0.39, 0.29) is 11.7 Å². The van der Waals surface area contributed by atoms with Crippen LogP contribution in [0.25, 0.3) is 11.4 Å². The predicted molar refractivity (Wildman–Crippen MR) is 107 cm³/mol. The molecule has 140 valence electrons. The van der Waals surface area contributed by atoms with Gasteiger partial charge < -0.3 is 10.1 Å². The number of thioether (sulfide) groups is 1. The van der Waals surface area contributed by atoms with Gasteiger partial charge in [0.2, 0.25) is 11.1 Å². The number of rotatable bonds is 8. The highest BCUT2D eigenvalue weighted by atomic mass is 32.2. The number of ether oxygens (including phenoxy) is 1. The van der Waals surface area contributed by atoms with Gasteiger partial charge in [-0.2, -0.15) is 0 Å². The number of nitrogens with one attached hydrogen (secondary N) is 2. The summed E-state index contributed by atoms with van der Waals surface area (Å²) in [7, 11) is 1.65.